The molecular weight excluding hydrogens is 364 g/mol. The number of hydrogen-bond acceptors (Lipinski definition) is 4. The molecule has 0 aliphatic rings. The van der Waals surface area contributed by atoms with Gasteiger partial charge in [0.25, 0.3) is 0 Å². The summed E-state index contributed by atoms with van der Waals surface area (Å²) in [4.78, 5) is 24.8. The van der Waals surface area contributed by atoms with Crippen molar-refractivity contribution in [2.45, 2.75) is 25.9 Å². The number of nitrogens with one attached hydrogen (secondary N) is 1. The van der Waals surface area contributed by atoms with E-state index in [1.54, 1.807) is 13.8 Å². The Balaban J connectivity index is 0.00000364. The smallest absolute Gasteiger partial charge is 0.310 e. The van der Waals surface area contributed by atoms with Gasteiger partial charge >= 0.3 is 5.97 Å². The fraction of sp³-hybridized carbons (Fsp3) is 0.333. The number of rotatable bonds is 7. The molecule has 27 heavy (non-hydrogen) atoms. The number of carbonyl (C=O) groups excluding carboxylic acids is 2. The van der Waals surface area contributed by atoms with Gasteiger partial charge in [-0.1, -0.05) is 67.6 Å². The van der Waals surface area contributed by atoms with E-state index in [0.29, 0.717) is 0 Å². The van der Waals surface area contributed by atoms with E-state index in [9.17, 15) is 9.59 Å². The number of halogens is 1. The highest BCUT2D eigenvalue weighted by Crippen LogP contribution is 2.25. The highest BCUT2D eigenvalue weighted by Gasteiger charge is 2.30. The van der Waals surface area contributed by atoms with Gasteiger partial charge in [-0.25, -0.2) is 0 Å². The Morgan fingerprint density at radius 2 is 1.37 bits per heavy atom. The summed E-state index contributed by atoms with van der Waals surface area (Å²) in [5.41, 5.74) is 8.01. The summed E-state index contributed by atoms with van der Waals surface area (Å²) in [5.74, 6) is -1.55. The van der Waals surface area contributed by atoms with Gasteiger partial charge in [-0.15, -0.1) is 12.4 Å². The SMILES string of the molecule is COC(=O)C(C)C(NC(=O)C(C)C(N)c1ccccc1)c1ccccc1.Cl. The highest BCUT2D eigenvalue weighted by atomic mass is 35.5. The molecule has 0 bridgehead atoms. The Bertz CT molecular complexity index is 725. The molecule has 2 rings (SSSR count). The van der Waals surface area contributed by atoms with Crippen LogP contribution in [0.1, 0.15) is 37.1 Å². The maximum Gasteiger partial charge on any atom is 0.310 e. The number of esters is 1. The molecule has 0 saturated heterocycles. The Morgan fingerprint density at radius 3 is 1.85 bits per heavy atom. The molecule has 0 aromatic heterocycles. The van der Waals surface area contributed by atoms with Gasteiger partial charge < -0.3 is 15.8 Å². The van der Waals surface area contributed by atoms with Crippen molar-refractivity contribution < 1.29 is 14.3 Å². The number of benzene rings is 2. The summed E-state index contributed by atoms with van der Waals surface area (Å²) in [6, 6.07) is 18.0. The average Bonchev–Trinajstić information content (AvgIpc) is 2.70. The van der Waals surface area contributed by atoms with Gasteiger partial charge in [0.05, 0.1) is 25.0 Å². The molecule has 0 heterocycles. The maximum absolute atomic E-state index is 12.8. The summed E-state index contributed by atoms with van der Waals surface area (Å²) in [7, 11) is 1.34. The van der Waals surface area contributed by atoms with E-state index in [2.05, 4.69) is 5.32 Å². The van der Waals surface area contributed by atoms with Gasteiger partial charge in [0.2, 0.25) is 5.91 Å². The number of nitrogens with two attached hydrogens (primary N) is 1. The fourth-order valence-electron chi connectivity index (χ4n) is 2.89. The van der Waals surface area contributed by atoms with Crippen LogP contribution in [0.25, 0.3) is 0 Å². The molecule has 2 aromatic rings. The Kier molecular flexibility index (Phi) is 8.98. The lowest BCUT2D eigenvalue weighted by molar-refractivity contribution is -0.146. The number of carbonyl (C=O) groups is 2. The Hall–Kier alpha value is -2.37. The average molecular weight is 391 g/mol. The summed E-state index contributed by atoms with van der Waals surface area (Å²) < 4.78 is 4.86. The minimum atomic E-state index is -0.522. The molecule has 0 aliphatic carbocycles. The van der Waals surface area contributed by atoms with Crippen LogP contribution in [-0.2, 0) is 14.3 Å². The molecule has 6 heteroatoms. The largest absolute Gasteiger partial charge is 0.469 e. The summed E-state index contributed by atoms with van der Waals surface area (Å²) >= 11 is 0. The van der Waals surface area contributed by atoms with Crippen LogP contribution in [0.3, 0.4) is 0 Å². The molecule has 3 N–H and O–H groups in total. The number of methoxy groups -OCH3 is 1. The molecule has 4 unspecified atom stereocenters. The van der Waals surface area contributed by atoms with E-state index < -0.39 is 23.9 Å². The minimum Gasteiger partial charge on any atom is -0.469 e. The zero-order valence-corrected chi connectivity index (χ0v) is 16.6. The summed E-state index contributed by atoms with van der Waals surface area (Å²) in [5, 5.41) is 2.98. The predicted octanol–water partition coefficient (Wildman–Crippen LogP) is 3.41. The quantitative estimate of drug-likeness (QED) is 0.710. The number of ether oxygens (including phenoxy) is 1. The second kappa shape index (κ2) is 10.7. The van der Waals surface area contributed by atoms with Gasteiger partial charge in [0, 0.05) is 6.04 Å². The molecule has 0 fully saturated rings. The van der Waals surface area contributed by atoms with Crippen LogP contribution in [0.2, 0.25) is 0 Å². The Labute approximate surface area is 166 Å². The highest BCUT2D eigenvalue weighted by molar-refractivity contribution is 5.85. The van der Waals surface area contributed by atoms with Crippen LogP contribution in [0, 0.1) is 11.8 Å². The monoisotopic (exact) mass is 390 g/mol. The first kappa shape index (κ1) is 22.7. The lowest BCUT2D eigenvalue weighted by atomic mass is 9.91. The summed E-state index contributed by atoms with van der Waals surface area (Å²) in [6.45, 7) is 3.53. The molecule has 0 aliphatic heterocycles. The third-order valence-electron chi connectivity index (χ3n) is 4.67. The van der Waals surface area contributed by atoms with Crippen molar-refractivity contribution in [2.24, 2.45) is 17.6 Å². The van der Waals surface area contributed by atoms with Crippen LogP contribution in [-0.4, -0.2) is 19.0 Å². The van der Waals surface area contributed by atoms with E-state index in [-0.39, 0.29) is 24.3 Å². The molecular formula is C21H27ClN2O3. The van der Waals surface area contributed by atoms with E-state index in [0.717, 1.165) is 11.1 Å². The molecule has 2 aromatic carbocycles. The first-order chi connectivity index (χ1) is 12.5. The van der Waals surface area contributed by atoms with Gasteiger partial charge in [0.1, 0.15) is 0 Å². The standard InChI is InChI=1S/C21H26N2O3.ClH/c1-14(18(22)16-10-6-4-7-11-16)20(24)23-19(15(2)21(25)26-3)17-12-8-5-9-13-17;/h4-15,18-19H,22H2,1-3H3,(H,23,24);1H. The van der Waals surface area contributed by atoms with Crippen LogP contribution < -0.4 is 11.1 Å². The lowest BCUT2D eigenvalue weighted by Crippen LogP contribution is -2.41. The lowest BCUT2D eigenvalue weighted by Gasteiger charge is -2.27. The minimum absolute atomic E-state index is 0. The molecule has 5 nitrogen and oxygen atoms in total. The van der Waals surface area contributed by atoms with E-state index >= 15 is 0 Å². The molecule has 146 valence electrons. The second-order valence-corrected chi connectivity index (χ2v) is 6.43. The molecule has 0 radical (unpaired) electrons. The van der Waals surface area contributed by atoms with Crippen molar-refractivity contribution in [1.82, 2.24) is 5.32 Å². The fourth-order valence-corrected chi connectivity index (χ4v) is 2.89. The second-order valence-electron chi connectivity index (χ2n) is 6.43. The molecule has 4 atom stereocenters. The van der Waals surface area contributed by atoms with Crippen molar-refractivity contribution >= 4 is 24.3 Å². The van der Waals surface area contributed by atoms with E-state index in [4.69, 9.17) is 10.5 Å². The molecule has 1 amide bonds. The maximum atomic E-state index is 12.8. The van der Waals surface area contributed by atoms with Gasteiger partial charge in [-0.2, -0.15) is 0 Å². The van der Waals surface area contributed by atoms with Crippen molar-refractivity contribution in [3.63, 3.8) is 0 Å². The van der Waals surface area contributed by atoms with Crippen LogP contribution in [0.5, 0.6) is 0 Å². The van der Waals surface area contributed by atoms with Crippen LogP contribution >= 0.6 is 12.4 Å². The van der Waals surface area contributed by atoms with Gasteiger partial charge in [0.15, 0.2) is 0 Å². The number of amides is 1. The summed E-state index contributed by atoms with van der Waals surface area (Å²) in [6.07, 6.45) is 0. The van der Waals surface area contributed by atoms with Gasteiger partial charge in [-0.3, -0.25) is 9.59 Å². The predicted molar refractivity (Wildman–Crippen MR) is 108 cm³/mol. The van der Waals surface area contributed by atoms with Crippen molar-refractivity contribution in [1.29, 1.82) is 0 Å². The Morgan fingerprint density at radius 1 is 0.889 bits per heavy atom. The molecule has 0 spiro atoms. The first-order valence-corrected chi connectivity index (χ1v) is 8.69. The number of hydrogen-bond donors (Lipinski definition) is 2. The van der Waals surface area contributed by atoms with E-state index in [1.165, 1.54) is 7.11 Å². The van der Waals surface area contributed by atoms with Crippen molar-refractivity contribution in [3.05, 3.63) is 71.8 Å². The topological polar surface area (TPSA) is 81.4 Å². The zero-order chi connectivity index (χ0) is 19.1. The van der Waals surface area contributed by atoms with Crippen LogP contribution in [0.15, 0.2) is 60.7 Å². The third kappa shape index (κ3) is 5.81. The van der Waals surface area contributed by atoms with Gasteiger partial charge in [-0.05, 0) is 18.1 Å². The zero-order valence-electron chi connectivity index (χ0n) is 15.8. The normalized spacial score (nSPS) is 14.8. The third-order valence-corrected chi connectivity index (χ3v) is 4.67. The first-order valence-electron chi connectivity index (χ1n) is 8.69. The van der Waals surface area contributed by atoms with Crippen LogP contribution in [0.4, 0.5) is 0 Å². The van der Waals surface area contributed by atoms with Crippen molar-refractivity contribution in [3.8, 4) is 0 Å². The molecule has 0 saturated carbocycles. The van der Waals surface area contributed by atoms with E-state index in [1.807, 2.05) is 60.7 Å². The van der Waals surface area contributed by atoms with Crippen molar-refractivity contribution in [2.75, 3.05) is 7.11 Å².